The van der Waals surface area contributed by atoms with E-state index in [2.05, 4.69) is 5.32 Å². The number of hydrogen-bond acceptors (Lipinski definition) is 4. The molecule has 7 heteroatoms. The Morgan fingerprint density at radius 1 is 1.04 bits per heavy atom. The molecule has 1 N–H and O–H groups in total. The number of benzene rings is 1. The summed E-state index contributed by atoms with van der Waals surface area (Å²) in [4.78, 5) is 42.4. The lowest BCUT2D eigenvalue weighted by atomic mass is 9.95. The first-order valence-electron chi connectivity index (χ1n) is 10.0. The molecule has 1 aromatic rings. The quantitative estimate of drug-likeness (QED) is 0.735. The fraction of sp³-hybridized carbons (Fsp3) is 0.571. The fourth-order valence-electron chi connectivity index (χ4n) is 3.45. The van der Waals surface area contributed by atoms with Gasteiger partial charge in [0.2, 0.25) is 17.7 Å². The van der Waals surface area contributed by atoms with Gasteiger partial charge in [-0.1, -0.05) is 18.2 Å². The molecule has 0 bridgehead atoms. The molecule has 0 saturated carbocycles. The number of nitrogens with zero attached hydrogens (tertiary/aromatic N) is 3. The van der Waals surface area contributed by atoms with Crippen LogP contribution in [0.3, 0.4) is 0 Å². The van der Waals surface area contributed by atoms with Crippen LogP contribution >= 0.6 is 0 Å². The molecule has 1 heterocycles. The summed E-state index contributed by atoms with van der Waals surface area (Å²) >= 11 is 0. The van der Waals surface area contributed by atoms with E-state index in [4.69, 9.17) is 0 Å². The Labute approximate surface area is 167 Å². The van der Waals surface area contributed by atoms with E-state index in [1.807, 2.05) is 44.2 Å². The lowest BCUT2D eigenvalue weighted by Gasteiger charge is -2.32. The van der Waals surface area contributed by atoms with Gasteiger partial charge in [0.05, 0.1) is 13.1 Å². The van der Waals surface area contributed by atoms with Crippen molar-refractivity contribution in [3.8, 4) is 0 Å². The van der Waals surface area contributed by atoms with Gasteiger partial charge in [-0.15, -0.1) is 0 Å². The third-order valence-corrected chi connectivity index (χ3v) is 5.19. The molecule has 0 unspecified atom stereocenters. The molecule has 0 radical (unpaired) electrons. The Morgan fingerprint density at radius 3 is 2.21 bits per heavy atom. The van der Waals surface area contributed by atoms with E-state index in [0.717, 1.165) is 5.69 Å². The number of likely N-dealkylation sites (tertiary alicyclic amines) is 1. The van der Waals surface area contributed by atoms with Crippen LogP contribution in [0.15, 0.2) is 30.3 Å². The first-order chi connectivity index (χ1) is 13.4. The van der Waals surface area contributed by atoms with Gasteiger partial charge in [0, 0.05) is 37.8 Å². The molecule has 28 heavy (non-hydrogen) atoms. The number of rotatable bonds is 8. The molecule has 0 atom stereocenters. The van der Waals surface area contributed by atoms with Crippen LogP contribution in [-0.4, -0.2) is 78.7 Å². The third-order valence-electron chi connectivity index (χ3n) is 5.19. The molecule has 0 spiro atoms. The Morgan fingerprint density at radius 2 is 1.64 bits per heavy atom. The van der Waals surface area contributed by atoms with Crippen molar-refractivity contribution in [3.63, 3.8) is 0 Å². The number of likely N-dealkylation sites (N-methyl/N-ethyl adjacent to an activating group) is 2. The Balaban J connectivity index is 1.75. The average Bonchev–Trinajstić information content (AvgIpc) is 2.69. The molecule has 1 aliphatic heterocycles. The molecule has 0 aliphatic carbocycles. The number of hydrogen-bond donors (Lipinski definition) is 1. The van der Waals surface area contributed by atoms with Crippen molar-refractivity contribution in [3.05, 3.63) is 30.3 Å². The van der Waals surface area contributed by atoms with Crippen LogP contribution in [0.4, 0.5) is 5.69 Å². The SMILES string of the molecule is CCN(CC)C(=O)CN(C)CC(=O)N1CCC(C(=O)Nc2ccccc2)CC1. The first-order valence-corrected chi connectivity index (χ1v) is 10.0. The van der Waals surface area contributed by atoms with E-state index in [0.29, 0.717) is 39.0 Å². The zero-order valence-corrected chi connectivity index (χ0v) is 17.2. The first kappa shape index (κ1) is 21.9. The Kier molecular flexibility index (Phi) is 8.44. The lowest BCUT2D eigenvalue weighted by molar-refractivity contribution is -0.137. The molecule has 1 saturated heterocycles. The number of piperidine rings is 1. The van der Waals surface area contributed by atoms with Crippen molar-refractivity contribution in [2.75, 3.05) is 51.6 Å². The largest absolute Gasteiger partial charge is 0.342 e. The van der Waals surface area contributed by atoms with Crippen LogP contribution < -0.4 is 5.32 Å². The van der Waals surface area contributed by atoms with Gasteiger partial charge in [-0.3, -0.25) is 19.3 Å². The zero-order valence-electron chi connectivity index (χ0n) is 17.2. The Hall–Kier alpha value is -2.41. The van der Waals surface area contributed by atoms with Crippen molar-refractivity contribution in [2.45, 2.75) is 26.7 Å². The molecular weight excluding hydrogens is 356 g/mol. The number of para-hydroxylation sites is 1. The minimum absolute atomic E-state index is 0.0109. The summed E-state index contributed by atoms with van der Waals surface area (Å²) in [7, 11) is 1.79. The summed E-state index contributed by atoms with van der Waals surface area (Å²) in [6.07, 6.45) is 1.32. The van der Waals surface area contributed by atoms with Gasteiger partial charge >= 0.3 is 0 Å². The number of carbonyl (C=O) groups is 3. The molecule has 3 amide bonds. The summed E-state index contributed by atoms with van der Waals surface area (Å²) in [5.74, 6) is -0.0141. The van der Waals surface area contributed by atoms with Crippen molar-refractivity contribution < 1.29 is 14.4 Å². The van der Waals surface area contributed by atoms with Crippen molar-refractivity contribution >= 4 is 23.4 Å². The van der Waals surface area contributed by atoms with Gasteiger partial charge in [0.15, 0.2) is 0 Å². The van der Waals surface area contributed by atoms with Crippen LogP contribution in [0.25, 0.3) is 0 Å². The molecule has 7 nitrogen and oxygen atoms in total. The van der Waals surface area contributed by atoms with Crippen LogP contribution in [0.1, 0.15) is 26.7 Å². The highest BCUT2D eigenvalue weighted by Crippen LogP contribution is 2.19. The lowest BCUT2D eigenvalue weighted by Crippen LogP contribution is -2.47. The van der Waals surface area contributed by atoms with E-state index >= 15 is 0 Å². The van der Waals surface area contributed by atoms with Gasteiger partial charge in [-0.2, -0.15) is 0 Å². The van der Waals surface area contributed by atoms with Gasteiger partial charge in [-0.05, 0) is 45.9 Å². The summed E-state index contributed by atoms with van der Waals surface area (Å²) in [6, 6.07) is 9.42. The van der Waals surface area contributed by atoms with E-state index < -0.39 is 0 Å². The van der Waals surface area contributed by atoms with Crippen LogP contribution in [0.2, 0.25) is 0 Å². The molecule has 2 rings (SSSR count). The standard InChI is InChI=1S/C21H32N4O3/c1-4-24(5-2)19(26)15-23(3)16-20(27)25-13-11-17(12-14-25)21(28)22-18-9-7-6-8-10-18/h6-10,17H,4-5,11-16H2,1-3H3,(H,22,28). The number of anilines is 1. The highest BCUT2D eigenvalue weighted by Gasteiger charge is 2.28. The predicted octanol–water partition coefficient (Wildman–Crippen LogP) is 1.66. The van der Waals surface area contributed by atoms with Crippen molar-refractivity contribution in [1.29, 1.82) is 0 Å². The van der Waals surface area contributed by atoms with E-state index in [1.165, 1.54) is 0 Å². The molecular formula is C21H32N4O3. The van der Waals surface area contributed by atoms with Gasteiger partial charge in [0.1, 0.15) is 0 Å². The molecule has 1 aromatic carbocycles. The second-order valence-corrected chi connectivity index (χ2v) is 7.25. The number of carbonyl (C=O) groups excluding carboxylic acids is 3. The maximum Gasteiger partial charge on any atom is 0.236 e. The van der Waals surface area contributed by atoms with Crippen LogP contribution in [0, 0.1) is 5.92 Å². The normalized spacial score (nSPS) is 14.8. The molecule has 1 fully saturated rings. The minimum Gasteiger partial charge on any atom is -0.342 e. The summed E-state index contributed by atoms with van der Waals surface area (Å²) < 4.78 is 0. The monoisotopic (exact) mass is 388 g/mol. The summed E-state index contributed by atoms with van der Waals surface area (Å²) in [6.45, 7) is 6.85. The predicted molar refractivity (Wildman–Crippen MR) is 110 cm³/mol. The average molecular weight is 389 g/mol. The van der Waals surface area contributed by atoms with E-state index in [9.17, 15) is 14.4 Å². The third kappa shape index (κ3) is 6.34. The maximum atomic E-state index is 12.5. The fourth-order valence-corrected chi connectivity index (χ4v) is 3.45. The maximum absolute atomic E-state index is 12.5. The van der Waals surface area contributed by atoms with Crippen molar-refractivity contribution in [2.24, 2.45) is 5.92 Å². The number of nitrogens with one attached hydrogen (secondary N) is 1. The molecule has 154 valence electrons. The number of amides is 3. The second kappa shape index (κ2) is 10.8. The van der Waals surface area contributed by atoms with Crippen LogP contribution in [-0.2, 0) is 14.4 Å². The second-order valence-electron chi connectivity index (χ2n) is 7.25. The minimum atomic E-state index is -0.0776. The highest BCUT2D eigenvalue weighted by molar-refractivity contribution is 5.92. The summed E-state index contributed by atoms with van der Waals surface area (Å²) in [5.41, 5.74) is 0.797. The topological polar surface area (TPSA) is 73.0 Å². The molecule has 0 aromatic heterocycles. The van der Waals surface area contributed by atoms with E-state index in [1.54, 1.807) is 21.7 Å². The van der Waals surface area contributed by atoms with Crippen LogP contribution in [0.5, 0.6) is 0 Å². The van der Waals surface area contributed by atoms with Crippen molar-refractivity contribution in [1.82, 2.24) is 14.7 Å². The smallest absolute Gasteiger partial charge is 0.236 e. The van der Waals surface area contributed by atoms with Gasteiger partial charge in [0.25, 0.3) is 0 Å². The Bertz CT molecular complexity index is 653. The zero-order chi connectivity index (χ0) is 20.5. The molecule has 1 aliphatic rings. The van der Waals surface area contributed by atoms with E-state index in [-0.39, 0.29) is 36.7 Å². The highest BCUT2D eigenvalue weighted by atomic mass is 16.2. The van der Waals surface area contributed by atoms with Gasteiger partial charge in [-0.25, -0.2) is 0 Å². The summed E-state index contributed by atoms with van der Waals surface area (Å²) in [5, 5.41) is 2.94. The van der Waals surface area contributed by atoms with Gasteiger partial charge < -0.3 is 15.1 Å².